The predicted molar refractivity (Wildman–Crippen MR) is 97.7 cm³/mol. The molecule has 0 fully saturated rings. The van der Waals surface area contributed by atoms with E-state index in [4.69, 9.17) is 0 Å². The first-order valence-corrected chi connectivity index (χ1v) is 11.2. The molecule has 0 heterocycles. The van der Waals surface area contributed by atoms with E-state index in [1.807, 2.05) is 0 Å². The van der Waals surface area contributed by atoms with Crippen molar-refractivity contribution in [2.75, 3.05) is 0 Å². The van der Waals surface area contributed by atoms with Crippen molar-refractivity contribution in [2.24, 2.45) is 0 Å². The molecule has 0 amide bonds. The van der Waals surface area contributed by atoms with Crippen LogP contribution >= 0.6 is 0 Å². The predicted octanol–water partition coefficient (Wildman–Crippen LogP) is 6.14. The Bertz CT molecular complexity index is 307. The van der Waals surface area contributed by atoms with Crippen LogP contribution < -0.4 is 4.46 Å². The third-order valence-corrected chi connectivity index (χ3v) is 6.31. The Morgan fingerprint density at radius 1 is 0.619 bits per heavy atom. The second-order valence-electron chi connectivity index (χ2n) is 6.05. The zero-order valence-electron chi connectivity index (χ0n) is 14.0. The van der Waals surface area contributed by atoms with Crippen LogP contribution in [0.15, 0.2) is 30.3 Å². The van der Waals surface area contributed by atoms with E-state index in [1.165, 1.54) is 82.4 Å². The number of rotatable bonds is 14. The van der Waals surface area contributed by atoms with Crippen molar-refractivity contribution in [3.63, 3.8) is 0 Å². The van der Waals surface area contributed by atoms with Gasteiger partial charge in [-0.25, -0.2) is 0 Å². The zero-order valence-corrected chi connectivity index (χ0v) is 15.7. The van der Waals surface area contributed by atoms with E-state index in [0.29, 0.717) is 15.0 Å². The number of benzene rings is 1. The summed E-state index contributed by atoms with van der Waals surface area (Å²) in [5.74, 6) is 0. The van der Waals surface area contributed by atoms with E-state index >= 15 is 0 Å². The van der Waals surface area contributed by atoms with Gasteiger partial charge in [0.25, 0.3) is 0 Å². The Kier molecular flexibility index (Phi) is 13.1. The van der Waals surface area contributed by atoms with Crippen LogP contribution in [0.5, 0.6) is 0 Å². The van der Waals surface area contributed by atoms with Gasteiger partial charge in [0.1, 0.15) is 0 Å². The van der Waals surface area contributed by atoms with Crippen LogP contribution in [-0.2, 0) is 0 Å². The van der Waals surface area contributed by atoms with E-state index in [2.05, 4.69) is 37.3 Å². The second-order valence-corrected chi connectivity index (χ2v) is 8.50. The van der Waals surface area contributed by atoms with Gasteiger partial charge >= 0.3 is 126 Å². The molecule has 0 aliphatic rings. The molecule has 0 saturated heterocycles. The van der Waals surface area contributed by atoms with Crippen molar-refractivity contribution in [1.29, 1.82) is 0 Å². The third kappa shape index (κ3) is 12.0. The number of hydrogen-bond donors (Lipinski definition) is 0. The van der Waals surface area contributed by atoms with Gasteiger partial charge in [0.05, 0.1) is 0 Å². The molecule has 0 atom stereocenters. The Labute approximate surface area is 139 Å². The maximum atomic E-state index is 2.29. The van der Waals surface area contributed by atoms with Crippen LogP contribution in [0.2, 0.25) is 5.32 Å². The molecule has 0 nitrogen and oxygen atoms in total. The van der Waals surface area contributed by atoms with Crippen LogP contribution in [0, 0.1) is 0 Å². The van der Waals surface area contributed by atoms with Gasteiger partial charge in [-0.1, -0.05) is 13.3 Å². The molecule has 120 valence electrons. The van der Waals surface area contributed by atoms with Crippen molar-refractivity contribution in [1.82, 2.24) is 0 Å². The topological polar surface area (TPSA) is 0 Å². The zero-order chi connectivity index (χ0) is 15.0. The third-order valence-electron chi connectivity index (χ3n) is 4.01. The molecule has 0 spiro atoms. The number of unbranched alkanes of at least 4 members (excludes halogenated alkanes) is 11. The fourth-order valence-corrected chi connectivity index (χ4v) is 4.61. The molecule has 0 radical (unpaired) electrons. The molecule has 1 heteroatoms. The minimum atomic E-state index is 0.708. The summed E-state index contributed by atoms with van der Waals surface area (Å²) in [6.07, 6.45) is 17.4. The van der Waals surface area contributed by atoms with Crippen LogP contribution in [-0.4, -0.2) is 15.0 Å². The van der Waals surface area contributed by atoms with Gasteiger partial charge in [-0.2, -0.15) is 0 Å². The SMILES string of the molecule is CCCCCCCCCCCCCC[Se]c1ccccc1. The summed E-state index contributed by atoms with van der Waals surface area (Å²) in [5, 5.41) is 1.43. The summed E-state index contributed by atoms with van der Waals surface area (Å²) in [6, 6.07) is 11.0. The fraction of sp³-hybridized carbons (Fsp3) is 0.700. The van der Waals surface area contributed by atoms with Crippen molar-refractivity contribution in [3.8, 4) is 0 Å². The van der Waals surface area contributed by atoms with E-state index in [1.54, 1.807) is 4.46 Å². The van der Waals surface area contributed by atoms with E-state index in [0.717, 1.165) is 0 Å². The Hall–Kier alpha value is -0.261. The van der Waals surface area contributed by atoms with Gasteiger partial charge in [-0.15, -0.1) is 0 Å². The molecule has 0 saturated carbocycles. The molecule has 0 unspecified atom stereocenters. The molecule has 1 rings (SSSR count). The molecule has 1 aromatic carbocycles. The van der Waals surface area contributed by atoms with Crippen molar-refractivity contribution in [3.05, 3.63) is 30.3 Å². The Balaban J connectivity index is 1.75. The maximum absolute atomic E-state index is 2.29. The average Bonchev–Trinajstić information content (AvgIpc) is 2.53. The molecule has 0 aliphatic carbocycles. The normalized spacial score (nSPS) is 10.9. The summed E-state index contributed by atoms with van der Waals surface area (Å²) in [7, 11) is 0. The van der Waals surface area contributed by atoms with Crippen molar-refractivity contribution >= 4 is 19.4 Å². The standard InChI is InChI=1S/C20H34Se/c1-2-3-4-5-6-7-8-9-10-11-12-16-19-21-20-17-14-13-15-18-20/h13-15,17-18H,2-12,16,19H2,1H3. The van der Waals surface area contributed by atoms with Gasteiger partial charge in [0.2, 0.25) is 0 Å². The quantitative estimate of drug-likeness (QED) is 0.278. The first-order valence-electron chi connectivity index (χ1n) is 9.11. The van der Waals surface area contributed by atoms with E-state index in [-0.39, 0.29) is 0 Å². The molecule has 21 heavy (non-hydrogen) atoms. The van der Waals surface area contributed by atoms with E-state index < -0.39 is 0 Å². The molecule has 1 aromatic rings. The summed E-state index contributed by atoms with van der Waals surface area (Å²) in [5.41, 5.74) is 0. The van der Waals surface area contributed by atoms with Gasteiger partial charge < -0.3 is 0 Å². The molecule has 0 aliphatic heterocycles. The summed E-state index contributed by atoms with van der Waals surface area (Å²) in [6.45, 7) is 2.29. The monoisotopic (exact) mass is 354 g/mol. The van der Waals surface area contributed by atoms with Gasteiger partial charge in [-0.05, 0) is 0 Å². The molecular weight excluding hydrogens is 319 g/mol. The van der Waals surface area contributed by atoms with E-state index in [9.17, 15) is 0 Å². The van der Waals surface area contributed by atoms with Crippen LogP contribution in [0.25, 0.3) is 0 Å². The van der Waals surface area contributed by atoms with Gasteiger partial charge in [0.15, 0.2) is 0 Å². The van der Waals surface area contributed by atoms with Gasteiger partial charge in [0, 0.05) is 0 Å². The van der Waals surface area contributed by atoms with Crippen molar-refractivity contribution in [2.45, 2.75) is 89.3 Å². The van der Waals surface area contributed by atoms with Crippen LogP contribution in [0.1, 0.15) is 84.0 Å². The summed E-state index contributed by atoms with van der Waals surface area (Å²) < 4.78 is 1.56. The average molecular weight is 353 g/mol. The summed E-state index contributed by atoms with van der Waals surface area (Å²) >= 11 is 0.708. The second kappa shape index (κ2) is 14.7. The summed E-state index contributed by atoms with van der Waals surface area (Å²) in [4.78, 5) is 0. The molecule has 0 bridgehead atoms. The fourth-order valence-electron chi connectivity index (χ4n) is 2.65. The molecular formula is C20H34Se. The number of hydrogen-bond acceptors (Lipinski definition) is 0. The van der Waals surface area contributed by atoms with Crippen LogP contribution in [0.3, 0.4) is 0 Å². The first-order chi connectivity index (χ1) is 10.4. The Morgan fingerprint density at radius 2 is 1.10 bits per heavy atom. The first kappa shape index (κ1) is 18.8. The minimum absolute atomic E-state index is 0.708. The van der Waals surface area contributed by atoms with Gasteiger partial charge in [-0.3, -0.25) is 0 Å². The van der Waals surface area contributed by atoms with Crippen LogP contribution in [0.4, 0.5) is 0 Å². The van der Waals surface area contributed by atoms with Crippen molar-refractivity contribution < 1.29 is 0 Å². The Morgan fingerprint density at radius 3 is 1.62 bits per heavy atom. The molecule has 0 aromatic heterocycles. The molecule has 0 N–H and O–H groups in total.